The van der Waals surface area contributed by atoms with Gasteiger partial charge < -0.3 is 15.3 Å². The van der Waals surface area contributed by atoms with Crippen molar-refractivity contribution in [2.24, 2.45) is 5.41 Å². The summed E-state index contributed by atoms with van der Waals surface area (Å²) in [7, 11) is 0. The fourth-order valence-corrected chi connectivity index (χ4v) is 3.06. The summed E-state index contributed by atoms with van der Waals surface area (Å²) in [6.45, 7) is 4.08. The Morgan fingerprint density at radius 3 is 2.75 bits per heavy atom. The number of alkyl halides is 3. The average molecular weight is 344 g/mol. The van der Waals surface area contributed by atoms with Crippen molar-refractivity contribution in [1.29, 1.82) is 0 Å². The first-order valence-electron chi connectivity index (χ1n) is 8.03. The van der Waals surface area contributed by atoms with E-state index in [4.69, 9.17) is 0 Å². The van der Waals surface area contributed by atoms with Crippen molar-refractivity contribution in [3.8, 4) is 0 Å². The Labute approximate surface area is 139 Å². The lowest BCUT2D eigenvalue weighted by molar-refractivity contribution is -0.137. The van der Waals surface area contributed by atoms with E-state index in [-0.39, 0.29) is 24.1 Å². The Morgan fingerprint density at radius 2 is 2.08 bits per heavy atom. The van der Waals surface area contributed by atoms with Gasteiger partial charge >= 0.3 is 6.18 Å². The van der Waals surface area contributed by atoms with Crippen molar-refractivity contribution < 1.29 is 23.1 Å². The molecule has 1 atom stereocenters. The number of halogens is 3. The topological polar surface area (TPSA) is 52.6 Å². The maximum Gasteiger partial charge on any atom is 0.418 e. The summed E-state index contributed by atoms with van der Waals surface area (Å²) in [6, 6.07) is 4.96. The minimum atomic E-state index is -4.50. The molecule has 1 aliphatic heterocycles. The van der Waals surface area contributed by atoms with Gasteiger partial charge in [-0.25, -0.2) is 0 Å². The van der Waals surface area contributed by atoms with E-state index >= 15 is 0 Å². The van der Waals surface area contributed by atoms with E-state index in [9.17, 15) is 23.1 Å². The van der Waals surface area contributed by atoms with E-state index in [1.165, 1.54) is 18.2 Å². The quantitative estimate of drug-likeness (QED) is 0.863. The summed E-state index contributed by atoms with van der Waals surface area (Å²) in [4.78, 5) is 14.1. The molecule has 7 heteroatoms. The van der Waals surface area contributed by atoms with Crippen LogP contribution in [0.2, 0.25) is 0 Å². The first-order chi connectivity index (χ1) is 11.2. The number of nitrogens with one attached hydrogen (secondary N) is 1. The third-order valence-corrected chi connectivity index (χ3v) is 4.40. The zero-order valence-corrected chi connectivity index (χ0v) is 13.7. The molecule has 0 spiro atoms. The van der Waals surface area contributed by atoms with E-state index < -0.39 is 17.6 Å². The summed E-state index contributed by atoms with van der Waals surface area (Å²) in [6.07, 6.45) is -2.51. The molecule has 0 saturated carbocycles. The lowest BCUT2D eigenvalue weighted by Crippen LogP contribution is -2.44. The molecule has 2 N–H and O–H groups in total. The number of nitrogens with zero attached hydrogens (tertiary/aromatic N) is 1. The predicted molar refractivity (Wildman–Crippen MR) is 85.6 cm³/mol. The number of carbonyl (C=O) groups is 1. The van der Waals surface area contributed by atoms with E-state index in [0.29, 0.717) is 13.1 Å². The Kier molecular flexibility index (Phi) is 5.87. The molecule has 1 fully saturated rings. The van der Waals surface area contributed by atoms with Crippen LogP contribution in [0.3, 0.4) is 0 Å². The molecule has 1 aromatic rings. The molecule has 1 heterocycles. The average Bonchev–Trinajstić information content (AvgIpc) is 2.53. The molecule has 24 heavy (non-hydrogen) atoms. The van der Waals surface area contributed by atoms with Gasteiger partial charge in [0.05, 0.1) is 11.3 Å². The second-order valence-electron chi connectivity index (χ2n) is 6.69. The number of likely N-dealkylation sites (tertiary alicyclic amines) is 1. The molecule has 1 aromatic carbocycles. The minimum Gasteiger partial charge on any atom is -0.396 e. The lowest BCUT2D eigenvalue weighted by atomic mass is 9.83. The largest absolute Gasteiger partial charge is 0.418 e. The molecular formula is C17H23F3N2O2. The van der Waals surface area contributed by atoms with Gasteiger partial charge in [-0.05, 0) is 31.5 Å². The highest BCUT2D eigenvalue weighted by atomic mass is 19.4. The summed E-state index contributed by atoms with van der Waals surface area (Å²) in [5.41, 5.74) is -1.23. The number of hydrogen-bond donors (Lipinski definition) is 2. The molecular weight excluding hydrogens is 321 g/mol. The third-order valence-electron chi connectivity index (χ3n) is 4.40. The normalized spacial score (nSPS) is 22.4. The molecule has 134 valence electrons. The monoisotopic (exact) mass is 344 g/mol. The van der Waals surface area contributed by atoms with Crippen LogP contribution in [0.25, 0.3) is 0 Å². The molecule has 0 radical (unpaired) electrons. The lowest BCUT2D eigenvalue weighted by Gasteiger charge is -2.39. The highest BCUT2D eigenvalue weighted by Gasteiger charge is 2.34. The summed E-state index contributed by atoms with van der Waals surface area (Å²) in [5, 5.41) is 11.8. The Bertz CT molecular complexity index is 577. The van der Waals surface area contributed by atoms with Crippen molar-refractivity contribution in [2.75, 3.05) is 31.6 Å². The van der Waals surface area contributed by atoms with Crippen LogP contribution in [0.5, 0.6) is 0 Å². The van der Waals surface area contributed by atoms with Gasteiger partial charge in [-0.15, -0.1) is 0 Å². The number of anilines is 1. The molecule has 1 saturated heterocycles. The van der Waals surface area contributed by atoms with Crippen LogP contribution < -0.4 is 5.32 Å². The van der Waals surface area contributed by atoms with Crippen molar-refractivity contribution in [1.82, 2.24) is 4.90 Å². The van der Waals surface area contributed by atoms with Crippen LogP contribution in [0, 0.1) is 5.41 Å². The molecule has 0 bridgehead atoms. The zero-order chi connectivity index (χ0) is 17.8. The molecule has 2 rings (SSSR count). The summed E-state index contributed by atoms with van der Waals surface area (Å²) >= 11 is 0. The second-order valence-corrected chi connectivity index (χ2v) is 6.69. The van der Waals surface area contributed by atoms with Crippen molar-refractivity contribution in [3.63, 3.8) is 0 Å². The van der Waals surface area contributed by atoms with Gasteiger partial charge in [0.25, 0.3) is 0 Å². The Hall–Kier alpha value is -1.60. The molecule has 0 aromatic heterocycles. The first-order valence-corrected chi connectivity index (χ1v) is 8.03. The van der Waals surface area contributed by atoms with E-state index in [2.05, 4.69) is 10.2 Å². The van der Waals surface area contributed by atoms with Gasteiger partial charge in [-0.3, -0.25) is 4.79 Å². The zero-order valence-electron chi connectivity index (χ0n) is 13.7. The SMILES string of the molecule is CC1(CO)CCCN(CCC(=O)Nc2ccccc2C(F)(F)F)C1. The number of amides is 1. The number of hydrogen-bond acceptors (Lipinski definition) is 3. The van der Waals surface area contributed by atoms with E-state index in [1.807, 2.05) is 6.92 Å². The Morgan fingerprint density at radius 1 is 1.38 bits per heavy atom. The van der Waals surface area contributed by atoms with Crippen molar-refractivity contribution >= 4 is 11.6 Å². The fraction of sp³-hybridized carbons (Fsp3) is 0.588. The van der Waals surface area contributed by atoms with Gasteiger partial charge in [0, 0.05) is 31.5 Å². The predicted octanol–water partition coefficient (Wildman–Crippen LogP) is 3.13. The van der Waals surface area contributed by atoms with E-state index in [1.54, 1.807) is 0 Å². The third kappa shape index (κ3) is 4.95. The second kappa shape index (κ2) is 7.53. The first kappa shape index (κ1) is 18.7. The van der Waals surface area contributed by atoms with Crippen LogP contribution in [-0.2, 0) is 11.0 Å². The maximum atomic E-state index is 12.9. The maximum absolute atomic E-state index is 12.9. The molecule has 4 nitrogen and oxygen atoms in total. The number of aliphatic hydroxyl groups excluding tert-OH is 1. The number of aliphatic hydroxyl groups is 1. The van der Waals surface area contributed by atoms with Crippen LogP contribution in [0.15, 0.2) is 24.3 Å². The number of piperidine rings is 1. The number of carbonyl (C=O) groups excluding carboxylic acids is 1. The van der Waals surface area contributed by atoms with Gasteiger partial charge in [0.2, 0.25) is 5.91 Å². The number of rotatable bonds is 5. The van der Waals surface area contributed by atoms with E-state index in [0.717, 1.165) is 25.5 Å². The standard InChI is InChI=1S/C17H23F3N2O2/c1-16(12-23)8-4-9-22(11-16)10-7-15(24)21-14-6-3-2-5-13(14)17(18,19)20/h2-3,5-6,23H,4,7-12H2,1H3,(H,21,24). The molecule has 0 aliphatic carbocycles. The molecule has 1 unspecified atom stereocenters. The van der Waals surface area contributed by atoms with Crippen LogP contribution >= 0.6 is 0 Å². The Balaban J connectivity index is 1.91. The van der Waals surface area contributed by atoms with Crippen molar-refractivity contribution in [2.45, 2.75) is 32.4 Å². The highest BCUT2D eigenvalue weighted by Crippen LogP contribution is 2.34. The minimum absolute atomic E-state index is 0.0919. The van der Waals surface area contributed by atoms with Crippen LogP contribution in [0.4, 0.5) is 18.9 Å². The van der Waals surface area contributed by atoms with Crippen LogP contribution in [-0.4, -0.2) is 42.2 Å². The highest BCUT2D eigenvalue weighted by molar-refractivity contribution is 5.91. The van der Waals surface area contributed by atoms with Crippen LogP contribution in [0.1, 0.15) is 31.7 Å². The fourth-order valence-electron chi connectivity index (χ4n) is 3.06. The smallest absolute Gasteiger partial charge is 0.396 e. The van der Waals surface area contributed by atoms with Gasteiger partial charge in [0.15, 0.2) is 0 Å². The number of benzene rings is 1. The number of para-hydroxylation sites is 1. The van der Waals surface area contributed by atoms with Gasteiger partial charge in [-0.1, -0.05) is 19.1 Å². The molecule has 1 aliphatic rings. The molecule has 1 amide bonds. The van der Waals surface area contributed by atoms with Gasteiger partial charge in [0.1, 0.15) is 0 Å². The van der Waals surface area contributed by atoms with Gasteiger partial charge in [-0.2, -0.15) is 13.2 Å². The summed E-state index contributed by atoms with van der Waals surface area (Å²) < 4.78 is 38.7. The van der Waals surface area contributed by atoms with Crippen molar-refractivity contribution in [3.05, 3.63) is 29.8 Å². The summed E-state index contributed by atoms with van der Waals surface area (Å²) in [5.74, 6) is -0.442.